The summed E-state index contributed by atoms with van der Waals surface area (Å²) in [5.41, 5.74) is 16.0. The Balaban J connectivity index is 5.53. The SMILES string of the molecule is CC(C)C(N)C(=O)NC(C(=O)NC(CCC(N)=O)C(=O)NC(CCC(N)=O)C(=O)O)C(C)C. The topological polar surface area (TPSA) is 237 Å². The summed E-state index contributed by atoms with van der Waals surface area (Å²) in [5, 5.41) is 16.5. The Labute approximate surface area is 192 Å². The molecule has 0 aliphatic carbocycles. The van der Waals surface area contributed by atoms with Gasteiger partial charge in [-0.15, -0.1) is 0 Å². The number of amides is 5. The van der Waals surface area contributed by atoms with Crippen LogP contribution in [0.3, 0.4) is 0 Å². The number of hydrogen-bond donors (Lipinski definition) is 7. The highest BCUT2D eigenvalue weighted by Crippen LogP contribution is 2.08. The molecule has 4 atom stereocenters. The smallest absolute Gasteiger partial charge is 0.326 e. The van der Waals surface area contributed by atoms with Crippen molar-refractivity contribution in [1.29, 1.82) is 0 Å². The van der Waals surface area contributed by atoms with Crippen molar-refractivity contribution in [2.45, 2.75) is 77.5 Å². The van der Waals surface area contributed by atoms with Gasteiger partial charge >= 0.3 is 5.97 Å². The third-order valence-corrected chi connectivity index (χ3v) is 4.87. The Morgan fingerprint density at radius 1 is 0.697 bits per heavy atom. The summed E-state index contributed by atoms with van der Waals surface area (Å²) in [6, 6.07) is -4.66. The van der Waals surface area contributed by atoms with E-state index in [1.165, 1.54) is 0 Å². The first-order valence-corrected chi connectivity index (χ1v) is 10.6. The molecule has 33 heavy (non-hydrogen) atoms. The molecule has 10 N–H and O–H groups in total. The van der Waals surface area contributed by atoms with Crippen molar-refractivity contribution in [3.05, 3.63) is 0 Å². The van der Waals surface area contributed by atoms with Crippen molar-refractivity contribution >= 4 is 35.5 Å². The molecule has 5 amide bonds. The first-order chi connectivity index (χ1) is 15.2. The molecule has 0 aromatic heterocycles. The molecule has 0 bridgehead atoms. The fourth-order valence-corrected chi connectivity index (χ4v) is 2.72. The maximum Gasteiger partial charge on any atom is 0.326 e. The van der Waals surface area contributed by atoms with E-state index < -0.39 is 59.7 Å². The molecule has 0 spiro atoms. The van der Waals surface area contributed by atoms with Crippen molar-refractivity contribution in [3.63, 3.8) is 0 Å². The van der Waals surface area contributed by atoms with Crippen molar-refractivity contribution in [2.24, 2.45) is 29.0 Å². The Bertz CT molecular complexity index is 740. The van der Waals surface area contributed by atoms with E-state index in [1.54, 1.807) is 27.7 Å². The third kappa shape index (κ3) is 11.3. The van der Waals surface area contributed by atoms with Gasteiger partial charge in [0.15, 0.2) is 0 Å². The quantitative estimate of drug-likeness (QED) is 0.136. The number of carboxylic acid groups (broad SMARTS) is 1. The molecular weight excluding hydrogens is 436 g/mol. The molecule has 0 rings (SSSR count). The first-order valence-electron chi connectivity index (χ1n) is 10.6. The van der Waals surface area contributed by atoms with Crippen molar-refractivity contribution in [2.75, 3.05) is 0 Å². The largest absolute Gasteiger partial charge is 0.480 e. The monoisotopic (exact) mass is 472 g/mol. The molecular formula is C20H36N6O7. The van der Waals surface area contributed by atoms with E-state index in [9.17, 15) is 33.9 Å². The molecule has 0 aliphatic rings. The zero-order valence-corrected chi connectivity index (χ0v) is 19.4. The molecule has 13 heteroatoms. The van der Waals surface area contributed by atoms with Crippen LogP contribution < -0.4 is 33.2 Å². The van der Waals surface area contributed by atoms with E-state index in [0.29, 0.717) is 0 Å². The predicted molar refractivity (Wildman–Crippen MR) is 118 cm³/mol. The summed E-state index contributed by atoms with van der Waals surface area (Å²) in [4.78, 5) is 71.5. The zero-order chi connectivity index (χ0) is 25.9. The van der Waals surface area contributed by atoms with Crippen LogP contribution in [-0.2, 0) is 28.8 Å². The summed E-state index contributed by atoms with van der Waals surface area (Å²) in [6.45, 7) is 6.84. The molecule has 0 fully saturated rings. The highest BCUT2D eigenvalue weighted by molar-refractivity contribution is 5.94. The number of nitrogens with two attached hydrogens (primary N) is 3. The normalized spacial score (nSPS) is 14.6. The molecule has 0 aliphatic heterocycles. The van der Waals surface area contributed by atoms with Crippen LogP contribution in [0, 0.1) is 11.8 Å². The van der Waals surface area contributed by atoms with E-state index in [2.05, 4.69) is 16.0 Å². The highest BCUT2D eigenvalue weighted by atomic mass is 16.4. The minimum Gasteiger partial charge on any atom is -0.480 e. The Morgan fingerprint density at radius 2 is 1.15 bits per heavy atom. The fraction of sp³-hybridized carbons (Fsp3) is 0.700. The Morgan fingerprint density at radius 3 is 1.55 bits per heavy atom. The lowest BCUT2D eigenvalue weighted by Crippen LogP contribution is -2.59. The Kier molecular flexibility index (Phi) is 12.7. The van der Waals surface area contributed by atoms with Crippen LogP contribution >= 0.6 is 0 Å². The van der Waals surface area contributed by atoms with Crippen LogP contribution in [0.5, 0.6) is 0 Å². The number of carbonyl (C=O) groups is 6. The molecule has 0 aromatic carbocycles. The second kappa shape index (κ2) is 14.0. The van der Waals surface area contributed by atoms with Gasteiger partial charge in [-0.05, 0) is 24.7 Å². The second-order valence-electron chi connectivity index (χ2n) is 8.47. The van der Waals surface area contributed by atoms with E-state index in [0.717, 1.165) is 0 Å². The Hall–Kier alpha value is -3.22. The predicted octanol–water partition coefficient (Wildman–Crippen LogP) is -2.30. The van der Waals surface area contributed by atoms with E-state index in [1.807, 2.05) is 0 Å². The minimum atomic E-state index is -1.44. The minimum absolute atomic E-state index is 0.177. The van der Waals surface area contributed by atoms with Crippen LogP contribution in [-0.4, -0.2) is 64.8 Å². The van der Waals surface area contributed by atoms with Crippen LogP contribution in [0.1, 0.15) is 53.4 Å². The number of carbonyl (C=O) groups excluding carboxylic acids is 5. The molecule has 0 radical (unpaired) electrons. The molecule has 0 heterocycles. The standard InChI is InChI=1S/C20H36N6O7/c1-9(2)15(23)18(30)26-16(10(3)4)19(31)24-11(5-7-13(21)27)17(29)25-12(20(32)33)6-8-14(22)28/h9-12,15-16H,5-8,23H2,1-4H3,(H2,21,27)(H2,22,28)(H,24,31)(H,25,29)(H,26,30)(H,32,33). The zero-order valence-electron chi connectivity index (χ0n) is 19.4. The van der Waals surface area contributed by atoms with Gasteiger partial charge in [0.25, 0.3) is 0 Å². The number of aliphatic carboxylic acids is 1. The van der Waals surface area contributed by atoms with Crippen molar-refractivity contribution in [3.8, 4) is 0 Å². The van der Waals surface area contributed by atoms with Gasteiger partial charge in [-0.25, -0.2) is 4.79 Å². The first kappa shape index (κ1) is 29.8. The lowest BCUT2D eigenvalue weighted by molar-refractivity contribution is -0.143. The molecule has 0 saturated carbocycles. The van der Waals surface area contributed by atoms with Crippen LogP contribution in [0.25, 0.3) is 0 Å². The van der Waals surface area contributed by atoms with Gasteiger partial charge in [-0.2, -0.15) is 0 Å². The van der Waals surface area contributed by atoms with E-state index in [-0.39, 0.29) is 37.5 Å². The number of rotatable bonds is 15. The van der Waals surface area contributed by atoms with Crippen molar-refractivity contribution in [1.82, 2.24) is 16.0 Å². The number of hydrogen-bond acceptors (Lipinski definition) is 7. The lowest BCUT2D eigenvalue weighted by atomic mass is 9.99. The third-order valence-electron chi connectivity index (χ3n) is 4.87. The molecule has 4 unspecified atom stereocenters. The van der Waals surface area contributed by atoms with Crippen LogP contribution in [0.15, 0.2) is 0 Å². The van der Waals surface area contributed by atoms with Gasteiger partial charge in [-0.1, -0.05) is 27.7 Å². The van der Waals surface area contributed by atoms with Gasteiger partial charge in [0, 0.05) is 12.8 Å². The summed E-state index contributed by atoms with van der Waals surface area (Å²) in [7, 11) is 0. The second-order valence-corrected chi connectivity index (χ2v) is 8.47. The number of nitrogens with one attached hydrogen (secondary N) is 3. The molecule has 0 saturated heterocycles. The summed E-state index contributed by atoms with van der Waals surface area (Å²) >= 11 is 0. The fourth-order valence-electron chi connectivity index (χ4n) is 2.72. The maximum atomic E-state index is 12.9. The van der Waals surface area contributed by atoms with Gasteiger partial charge in [0.1, 0.15) is 18.1 Å². The molecule has 13 nitrogen and oxygen atoms in total. The van der Waals surface area contributed by atoms with Gasteiger partial charge in [-0.3, -0.25) is 24.0 Å². The van der Waals surface area contributed by atoms with E-state index in [4.69, 9.17) is 17.2 Å². The highest BCUT2D eigenvalue weighted by Gasteiger charge is 2.32. The molecule has 188 valence electrons. The van der Waals surface area contributed by atoms with Crippen molar-refractivity contribution < 1.29 is 33.9 Å². The van der Waals surface area contributed by atoms with Gasteiger partial charge < -0.3 is 38.3 Å². The number of carboxylic acids is 1. The number of primary amides is 2. The lowest BCUT2D eigenvalue weighted by Gasteiger charge is -2.27. The summed E-state index contributed by atoms with van der Waals surface area (Å²) in [5.74, 6) is -5.60. The average molecular weight is 473 g/mol. The average Bonchev–Trinajstić information content (AvgIpc) is 2.69. The van der Waals surface area contributed by atoms with Crippen LogP contribution in [0.4, 0.5) is 0 Å². The van der Waals surface area contributed by atoms with Gasteiger partial charge in [0.05, 0.1) is 6.04 Å². The van der Waals surface area contributed by atoms with Gasteiger partial charge in [0.2, 0.25) is 29.5 Å². The molecule has 0 aromatic rings. The maximum absolute atomic E-state index is 12.9. The van der Waals surface area contributed by atoms with E-state index >= 15 is 0 Å². The van der Waals surface area contributed by atoms with Crippen LogP contribution in [0.2, 0.25) is 0 Å². The summed E-state index contributed by atoms with van der Waals surface area (Å²) in [6.07, 6.45) is -1.02. The summed E-state index contributed by atoms with van der Waals surface area (Å²) < 4.78 is 0.